The summed E-state index contributed by atoms with van der Waals surface area (Å²) in [6.45, 7) is 2.69. The van der Waals surface area contributed by atoms with Crippen molar-refractivity contribution >= 4 is 11.8 Å². The van der Waals surface area contributed by atoms with Crippen molar-refractivity contribution in [2.45, 2.75) is 38.6 Å². The van der Waals surface area contributed by atoms with Gasteiger partial charge in [-0.05, 0) is 31.9 Å². The van der Waals surface area contributed by atoms with Gasteiger partial charge in [-0.25, -0.2) is 0 Å². The minimum atomic E-state index is -0.810. The van der Waals surface area contributed by atoms with Crippen LogP contribution in [0.3, 0.4) is 0 Å². The first-order valence-electron chi connectivity index (χ1n) is 7.61. The summed E-state index contributed by atoms with van der Waals surface area (Å²) in [6.07, 6.45) is 2.41. The maximum atomic E-state index is 12.7. The molecule has 1 N–H and O–H groups in total. The molecule has 1 aromatic heterocycles. The number of carbonyl (C=O) groups is 2. The Bertz CT molecular complexity index is 712. The van der Waals surface area contributed by atoms with Crippen LogP contribution in [0.15, 0.2) is 36.4 Å². The highest BCUT2D eigenvalue weighted by Crippen LogP contribution is 2.29. The first kappa shape index (κ1) is 14.6. The highest BCUT2D eigenvalue weighted by atomic mass is 16.4. The number of aromatic nitrogens is 1. The van der Waals surface area contributed by atoms with Crippen LogP contribution in [0.25, 0.3) is 0 Å². The Morgan fingerprint density at radius 3 is 2.50 bits per heavy atom. The lowest BCUT2D eigenvalue weighted by atomic mass is 10.0. The van der Waals surface area contributed by atoms with Crippen LogP contribution in [-0.2, 0) is 11.3 Å². The third-order valence-electron chi connectivity index (χ3n) is 4.34. The minimum Gasteiger partial charge on any atom is -0.481 e. The average Bonchev–Trinajstić information content (AvgIpc) is 2.79. The zero-order valence-electron chi connectivity index (χ0n) is 12.6. The topological polar surface area (TPSA) is 59.3 Å². The second-order valence-corrected chi connectivity index (χ2v) is 5.88. The van der Waals surface area contributed by atoms with E-state index in [0.29, 0.717) is 24.2 Å². The van der Waals surface area contributed by atoms with E-state index in [1.54, 1.807) is 12.1 Å². The number of carboxylic acids is 1. The van der Waals surface area contributed by atoms with E-state index in [9.17, 15) is 14.7 Å². The molecule has 3 rings (SSSR count). The predicted molar refractivity (Wildman–Crippen MR) is 83.3 cm³/mol. The molecule has 1 aliphatic heterocycles. The number of aryl methyl sites for hydroxylation is 1. The van der Waals surface area contributed by atoms with Crippen LogP contribution in [0.1, 0.15) is 52.5 Å². The molecule has 4 nitrogen and oxygen atoms in total. The van der Waals surface area contributed by atoms with Crippen LogP contribution >= 0.6 is 0 Å². The maximum Gasteiger partial charge on any atom is 0.312 e. The molecule has 1 aliphatic rings. The molecule has 0 bridgehead atoms. The molecule has 1 aromatic carbocycles. The molecule has 0 aliphatic carbocycles. The summed E-state index contributed by atoms with van der Waals surface area (Å²) in [5.41, 5.74) is 3.09. The quantitative estimate of drug-likeness (QED) is 0.884. The molecule has 0 spiro atoms. The van der Waals surface area contributed by atoms with E-state index >= 15 is 0 Å². The summed E-state index contributed by atoms with van der Waals surface area (Å²) < 4.78 is 1.90. The van der Waals surface area contributed by atoms with Gasteiger partial charge in [-0.3, -0.25) is 9.59 Å². The fourth-order valence-corrected chi connectivity index (χ4v) is 3.10. The van der Waals surface area contributed by atoms with Gasteiger partial charge >= 0.3 is 5.97 Å². The van der Waals surface area contributed by atoms with Gasteiger partial charge < -0.3 is 9.67 Å². The molecule has 1 atom stereocenters. The Morgan fingerprint density at radius 1 is 1.09 bits per heavy atom. The normalized spacial score (nSPS) is 17.6. The van der Waals surface area contributed by atoms with Crippen molar-refractivity contribution in [1.29, 1.82) is 0 Å². The maximum absolute atomic E-state index is 12.7. The second-order valence-electron chi connectivity index (χ2n) is 5.88. The Morgan fingerprint density at radius 2 is 1.82 bits per heavy atom. The molecule has 2 aromatic rings. The van der Waals surface area contributed by atoms with E-state index in [0.717, 1.165) is 24.1 Å². The Hall–Kier alpha value is -2.36. The van der Waals surface area contributed by atoms with Crippen molar-refractivity contribution in [1.82, 2.24) is 4.57 Å². The molecular weight excluding hydrogens is 278 g/mol. The number of hydrogen-bond donors (Lipinski definition) is 1. The van der Waals surface area contributed by atoms with Gasteiger partial charge in [-0.1, -0.05) is 36.2 Å². The largest absolute Gasteiger partial charge is 0.481 e. The van der Waals surface area contributed by atoms with Gasteiger partial charge in [0.25, 0.3) is 0 Å². The van der Waals surface area contributed by atoms with Gasteiger partial charge in [0.15, 0.2) is 0 Å². The zero-order chi connectivity index (χ0) is 15.7. The lowest BCUT2D eigenvalue weighted by Crippen LogP contribution is -2.16. The second kappa shape index (κ2) is 5.79. The summed E-state index contributed by atoms with van der Waals surface area (Å²) in [4.78, 5) is 24.2. The van der Waals surface area contributed by atoms with Gasteiger partial charge in [0.05, 0.1) is 11.6 Å². The molecule has 0 saturated heterocycles. The third kappa shape index (κ3) is 2.56. The molecular formula is C18H19NO3. The molecule has 0 fully saturated rings. The van der Waals surface area contributed by atoms with Crippen molar-refractivity contribution in [2.75, 3.05) is 0 Å². The summed E-state index contributed by atoms with van der Waals surface area (Å²) in [5, 5.41) is 9.41. The number of aliphatic carboxylic acids is 1. The molecule has 1 unspecified atom stereocenters. The molecule has 22 heavy (non-hydrogen) atoms. The highest BCUT2D eigenvalue weighted by molar-refractivity contribution is 6.08. The van der Waals surface area contributed by atoms with Gasteiger partial charge in [-0.15, -0.1) is 0 Å². The summed E-state index contributed by atoms with van der Waals surface area (Å²) in [7, 11) is 0. The van der Waals surface area contributed by atoms with Crippen LogP contribution in [-0.4, -0.2) is 21.4 Å². The van der Waals surface area contributed by atoms with Crippen molar-refractivity contribution in [3.63, 3.8) is 0 Å². The van der Waals surface area contributed by atoms with Crippen molar-refractivity contribution in [3.05, 3.63) is 58.9 Å². The molecule has 4 heteroatoms. The van der Waals surface area contributed by atoms with Gasteiger partial charge in [-0.2, -0.15) is 0 Å². The van der Waals surface area contributed by atoms with E-state index in [1.165, 1.54) is 0 Å². The fraction of sp³-hybridized carbons (Fsp3) is 0.333. The molecule has 0 saturated carbocycles. The standard InChI is InChI=1S/C18H19NO3/c1-12-5-7-13(8-6-12)17(20)16-10-9-15-14(18(21)22)4-2-3-11-19(15)16/h5-10,14H,2-4,11H2,1H3,(H,21,22). The van der Waals surface area contributed by atoms with E-state index < -0.39 is 11.9 Å². The fourth-order valence-electron chi connectivity index (χ4n) is 3.10. The van der Waals surface area contributed by atoms with Crippen LogP contribution < -0.4 is 0 Å². The first-order valence-corrected chi connectivity index (χ1v) is 7.61. The minimum absolute atomic E-state index is 0.0442. The Labute approximate surface area is 129 Å². The number of fused-ring (bicyclic) bond motifs is 1. The van der Waals surface area contributed by atoms with Crippen LogP contribution in [0.2, 0.25) is 0 Å². The molecule has 0 radical (unpaired) electrons. The number of benzene rings is 1. The van der Waals surface area contributed by atoms with Crippen LogP contribution in [0.5, 0.6) is 0 Å². The predicted octanol–water partition coefficient (Wildman–Crippen LogP) is 3.38. The number of carbonyl (C=O) groups excluding carboxylic acids is 1. The van der Waals surface area contributed by atoms with E-state index in [2.05, 4.69) is 0 Å². The summed E-state index contributed by atoms with van der Waals surface area (Å²) >= 11 is 0. The first-order chi connectivity index (χ1) is 10.6. The third-order valence-corrected chi connectivity index (χ3v) is 4.34. The number of carboxylic acid groups (broad SMARTS) is 1. The number of rotatable bonds is 3. The monoisotopic (exact) mass is 297 g/mol. The molecule has 0 amide bonds. The lowest BCUT2D eigenvalue weighted by molar-refractivity contribution is -0.139. The number of hydrogen-bond acceptors (Lipinski definition) is 2. The van der Waals surface area contributed by atoms with E-state index in [4.69, 9.17) is 0 Å². The number of nitrogens with zero attached hydrogens (tertiary/aromatic N) is 1. The van der Waals surface area contributed by atoms with Crippen molar-refractivity contribution in [3.8, 4) is 0 Å². The lowest BCUT2D eigenvalue weighted by Gasteiger charge is -2.13. The van der Waals surface area contributed by atoms with E-state index in [-0.39, 0.29) is 5.78 Å². The Balaban J connectivity index is 2.00. The van der Waals surface area contributed by atoms with Crippen LogP contribution in [0, 0.1) is 6.92 Å². The van der Waals surface area contributed by atoms with Gasteiger partial charge in [0, 0.05) is 17.8 Å². The van der Waals surface area contributed by atoms with Crippen LogP contribution in [0.4, 0.5) is 0 Å². The number of ketones is 1. The smallest absolute Gasteiger partial charge is 0.312 e. The zero-order valence-corrected chi connectivity index (χ0v) is 12.6. The Kier molecular flexibility index (Phi) is 3.84. The van der Waals surface area contributed by atoms with E-state index in [1.807, 2.05) is 35.8 Å². The summed E-state index contributed by atoms with van der Waals surface area (Å²) in [6, 6.07) is 11.0. The summed E-state index contributed by atoms with van der Waals surface area (Å²) in [5.74, 6) is -1.37. The van der Waals surface area contributed by atoms with Crippen molar-refractivity contribution < 1.29 is 14.7 Å². The van der Waals surface area contributed by atoms with Gasteiger partial charge in [0.2, 0.25) is 5.78 Å². The van der Waals surface area contributed by atoms with Gasteiger partial charge in [0.1, 0.15) is 0 Å². The molecule has 2 heterocycles. The average molecular weight is 297 g/mol. The molecule has 114 valence electrons. The SMILES string of the molecule is Cc1ccc(C(=O)c2ccc3n2CCCCC3C(=O)O)cc1. The van der Waals surface area contributed by atoms with Crippen molar-refractivity contribution in [2.24, 2.45) is 0 Å². The highest BCUT2D eigenvalue weighted by Gasteiger charge is 2.28.